The van der Waals surface area contributed by atoms with Crippen LogP contribution in [0.25, 0.3) is 0 Å². The molecule has 1 N–H and O–H groups in total. The van der Waals surface area contributed by atoms with E-state index >= 15 is 0 Å². The van der Waals surface area contributed by atoms with Crippen molar-refractivity contribution in [2.75, 3.05) is 33.0 Å². The van der Waals surface area contributed by atoms with Gasteiger partial charge in [-0.05, 0) is 36.8 Å². The molecule has 0 spiro atoms. The van der Waals surface area contributed by atoms with Crippen LogP contribution in [-0.4, -0.2) is 63.1 Å². The largest absolute Gasteiger partial charge is 0.454 e. The van der Waals surface area contributed by atoms with Gasteiger partial charge in [0.1, 0.15) is 0 Å². The van der Waals surface area contributed by atoms with Gasteiger partial charge in [-0.25, -0.2) is 8.42 Å². The van der Waals surface area contributed by atoms with E-state index in [-0.39, 0.29) is 17.6 Å². The van der Waals surface area contributed by atoms with Gasteiger partial charge >= 0.3 is 0 Å². The highest BCUT2D eigenvalue weighted by atomic mass is 32.2. The molecule has 2 aliphatic rings. The highest BCUT2D eigenvalue weighted by Crippen LogP contribution is 2.32. The Labute approximate surface area is 176 Å². The van der Waals surface area contributed by atoms with Gasteiger partial charge in [0.2, 0.25) is 22.7 Å². The molecule has 1 fully saturated rings. The minimum absolute atomic E-state index is 0.151. The lowest BCUT2D eigenvalue weighted by molar-refractivity contribution is -0.134. The maximum atomic E-state index is 12.8. The Bertz CT molecular complexity index is 1000. The zero-order valence-electron chi connectivity index (χ0n) is 16.8. The third kappa shape index (κ3) is 4.58. The Hall–Kier alpha value is -2.62. The maximum absolute atomic E-state index is 12.8. The smallest absolute Gasteiger partial charge is 0.241 e. The lowest BCUT2D eigenvalue weighted by Crippen LogP contribution is -2.53. The Kier molecular flexibility index (Phi) is 5.94. The van der Waals surface area contributed by atoms with E-state index in [2.05, 4.69) is 9.62 Å². The zero-order valence-corrected chi connectivity index (χ0v) is 17.6. The summed E-state index contributed by atoms with van der Waals surface area (Å²) in [6, 6.07) is 13.2. The Balaban J connectivity index is 1.29. The summed E-state index contributed by atoms with van der Waals surface area (Å²) in [4.78, 5) is 16.9. The molecule has 0 aliphatic carbocycles. The summed E-state index contributed by atoms with van der Waals surface area (Å²) in [6.07, 6.45) is 0. The molecule has 0 unspecified atom stereocenters. The van der Waals surface area contributed by atoms with E-state index in [1.807, 2.05) is 18.2 Å². The number of amides is 1. The lowest BCUT2D eigenvalue weighted by Gasteiger charge is -2.36. The molecule has 9 heteroatoms. The second kappa shape index (κ2) is 8.63. The molecule has 0 saturated carbocycles. The first-order valence-electron chi connectivity index (χ1n) is 9.89. The molecule has 2 aromatic carbocycles. The van der Waals surface area contributed by atoms with Gasteiger partial charge in [-0.15, -0.1) is 0 Å². The summed E-state index contributed by atoms with van der Waals surface area (Å²) >= 11 is 0. The Morgan fingerprint density at radius 1 is 1.03 bits per heavy atom. The molecule has 0 bridgehead atoms. The second-order valence-electron chi connectivity index (χ2n) is 7.45. The van der Waals surface area contributed by atoms with Crippen molar-refractivity contribution in [3.05, 3.63) is 54.1 Å². The van der Waals surface area contributed by atoms with Crippen LogP contribution in [0.2, 0.25) is 0 Å². The maximum Gasteiger partial charge on any atom is 0.241 e. The fourth-order valence-electron chi connectivity index (χ4n) is 3.65. The van der Waals surface area contributed by atoms with E-state index in [1.165, 1.54) is 12.1 Å². The molecular weight excluding hydrogens is 406 g/mol. The predicted octanol–water partition coefficient (Wildman–Crippen LogP) is 1.43. The van der Waals surface area contributed by atoms with Gasteiger partial charge in [-0.3, -0.25) is 9.69 Å². The molecule has 1 atom stereocenters. The summed E-state index contributed by atoms with van der Waals surface area (Å²) in [6.45, 7) is 5.15. The van der Waals surface area contributed by atoms with Crippen LogP contribution in [0.5, 0.6) is 11.5 Å². The van der Waals surface area contributed by atoms with Gasteiger partial charge < -0.3 is 14.4 Å². The van der Waals surface area contributed by atoms with Crippen molar-refractivity contribution in [2.45, 2.75) is 24.4 Å². The number of sulfonamides is 1. The molecule has 2 aromatic rings. The van der Waals surface area contributed by atoms with Gasteiger partial charge in [0.15, 0.2) is 11.5 Å². The molecule has 1 saturated heterocycles. The number of ether oxygens (including phenoxy) is 2. The molecule has 4 rings (SSSR count). The van der Waals surface area contributed by atoms with Crippen molar-refractivity contribution in [1.29, 1.82) is 0 Å². The highest BCUT2D eigenvalue weighted by Gasteiger charge is 2.28. The van der Waals surface area contributed by atoms with Crippen LogP contribution in [-0.2, 0) is 21.4 Å². The van der Waals surface area contributed by atoms with Crippen LogP contribution in [0.1, 0.15) is 12.5 Å². The minimum atomic E-state index is -3.73. The van der Waals surface area contributed by atoms with Gasteiger partial charge in [0.05, 0.1) is 10.9 Å². The van der Waals surface area contributed by atoms with Gasteiger partial charge in [-0.2, -0.15) is 4.72 Å². The molecule has 0 radical (unpaired) electrons. The molecule has 1 amide bonds. The van der Waals surface area contributed by atoms with E-state index in [4.69, 9.17) is 9.47 Å². The number of piperazine rings is 1. The van der Waals surface area contributed by atoms with Crippen LogP contribution < -0.4 is 14.2 Å². The summed E-state index contributed by atoms with van der Waals surface area (Å²) in [7, 11) is -3.73. The van der Waals surface area contributed by atoms with Gasteiger partial charge in [0.25, 0.3) is 0 Å². The second-order valence-corrected chi connectivity index (χ2v) is 9.16. The summed E-state index contributed by atoms with van der Waals surface area (Å²) < 4.78 is 38.2. The molecule has 30 heavy (non-hydrogen) atoms. The minimum Gasteiger partial charge on any atom is -0.454 e. The number of fused-ring (bicyclic) bond motifs is 1. The first kappa shape index (κ1) is 20.6. The first-order chi connectivity index (χ1) is 14.4. The highest BCUT2D eigenvalue weighted by molar-refractivity contribution is 7.89. The number of benzene rings is 2. The number of rotatable bonds is 6. The third-order valence-electron chi connectivity index (χ3n) is 5.28. The number of carbonyl (C=O) groups is 1. The molecule has 2 aliphatic heterocycles. The van der Waals surface area contributed by atoms with Crippen molar-refractivity contribution in [1.82, 2.24) is 14.5 Å². The van der Waals surface area contributed by atoms with Crippen LogP contribution in [0, 0.1) is 0 Å². The average molecular weight is 432 g/mol. The van der Waals surface area contributed by atoms with E-state index < -0.39 is 16.1 Å². The van der Waals surface area contributed by atoms with Crippen molar-refractivity contribution < 1.29 is 22.7 Å². The molecule has 160 valence electrons. The quantitative estimate of drug-likeness (QED) is 0.745. The van der Waals surface area contributed by atoms with Crippen LogP contribution >= 0.6 is 0 Å². The lowest BCUT2D eigenvalue weighted by atomic mass is 10.1. The van der Waals surface area contributed by atoms with Gasteiger partial charge in [0, 0.05) is 32.7 Å². The average Bonchev–Trinajstić information content (AvgIpc) is 3.22. The van der Waals surface area contributed by atoms with E-state index in [0.29, 0.717) is 13.1 Å². The topological polar surface area (TPSA) is 88.2 Å². The van der Waals surface area contributed by atoms with Gasteiger partial charge in [-0.1, -0.05) is 24.3 Å². The third-order valence-corrected chi connectivity index (χ3v) is 6.84. The number of nitrogens with zero attached hydrogens (tertiary/aromatic N) is 2. The molecule has 2 heterocycles. The number of carbonyl (C=O) groups excluding carboxylic acids is 1. The van der Waals surface area contributed by atoms with Crippen molar-refractivity contribution in [2.24, 2.45) is 0 Å². The van der Waals surface area contributed by atoms with E-state index in [9.17, 15) is 13.2 Å². The Morgan fingerprint density at radius 2 is 1.73 bits per heavy atom. The molecule has 0 aromatic heterocycles. The number of nitrogens with one attached hydrogen (secondary N) is 1. The van der Waals surface area contributed by atoms with E-state index in [0.717, 1.165) is 36.7 Å². The molecule has 8 nitrogen and oxygen atoms in total. The fourth-order valence-corrected chi connectivity index (χ4v) is 4.87. The van der Waals surface area contributed by atoms with Crippen LogP contribution in [0.3, 0.4) is 0 Å². The summed E-state index contributed by atoms with van der Waals surface area (Å²) in [5.41, 5.74) is 1.13. The summed E-state index contributed by atoms with van der Waals surface area (Å²) in [5, 5.41) is 0. The predicted molar refractivity (Wildman–Crippen MR) is 111 cm³/mol. The SMILES string of the molecule is C[C@@H](NS(=O)(=O)c1ccccc1)C(=O)N1CCN(Cc2ccc3c(c2)OCO3)CC1. The number of hydrogen-bond acceptors (Lipinski definition) is 6. The first-order valence-corrected chi connectivity index (χ1v) is 11.4. The molecular formula is C21H25N3O5S. The normalized spacial score (nSPS) is 17.7. The van der Waals surface area contributed by atoms with Crippen molar-refractivity contribution in [3.8, 4) is 11.5 Å². The van der Waals surface area contributed by atoms with Crippen molar-refractivity contribution in [3.63, 3.8) is 0 Å². The van der Waals surface area contributed by atoms with E-state index in [1.54, 1.807) is 30.0 Å². The zero-order chi connectivity index (χ0) is 21.1. The van der Waals surface area contributed by atoms with Crippen LogP contribution in [0.4, 0.5) is 0 Å². The Morgan fingerprint density at radius 3 is 2.47 bits per heavy atom. The fraction of sp³-hybridized carbons (Fsp3) is 0.381. The summed E-state index contributed by atoms with van der Waals surface area (Å²) in [5.74, 6) is 1.32. The number of hydrogen-bond donors (Lipinski definition) is 1. The standard InChI is InChI=1S/C21H25N3O5S/c1-16(22-30(26,27)18-5-3-2-4-6-18)21(25)24-11-9-23(10-12-24)14-17-7-8-19-20(13-17)29-15-28-19/h2-8,13,16,22H,9-12,14-15H2,1H3/t16-/m1/s1. The van der Waals surface area contributed by atoms with Crippen molar-refractivity contribution >= 4 is 15.9 Å². The van der Waals surface area contributed by atoms with Crippen LogP contribution in [0.15, 0.2) is 53.4 Å². The monoisotopic (exact) mass is 431 g/mol.